The number of rotatable bonds is 4. The van der Waals surface area contributed by atoms with Crippen LogP contribution in [0.25, 0.3) is 0 Å². The molecule has 2 N–H and O–H groups in total. The molecule has 0 unspecified atom stereocenters. The number of anilines is 1. The molecule has 0 fully saturated rings. The summed E-state index contributed by atoms with van der Waals surface area (Å²) in [5.74, 6) is 0.294. The molecule has 0 aliphatic carbocycles. The topological polar surface area (TPSA) is 58.2 Å². The average Bonchev–Trinajstić information content (AvgIpc) is 2.42. The fourth-order valence-corrected chi connectivity index (χ4v) is 2.55. The van der Waals surface area contributed by atoms with E-state index >= 15 is 0 Å². The molecule has 1 aliphatic heterocycles. The van der Waals surface area contributed by atoms with Gasteiger partial charge in [-0.15, -0.1) is 11.8 Å². The Hall–Kier alpha value is -1.75. The zero-order valence-corrected chi connectivity index (χ0v) is 11.5. The van der Waals surface area contributed by atoms with Gasteiger partial charge in [0.25, 0.3) is 5.91 Å². The van der Waals surface area contributed by atoms with Crippen molar-refractivity contribution < 1.29 is 9.59 Å². The number of hydrogen-bond acceptors (Lipinski definition) is 3. The highest BCUT2D eigenvalue weighted by Crippen LogP contribution is 2.31. The Bertz CT molecular complexity index is 526. The molecule has 1 heterocycles. The SMILES string of the molecule is C/C=C/CCNC(=O)c1ccc2c(c1)NC(=O)CS2. The normalized spacial score (nSPS) is 14.1. The van der Waals surface area contributed by atoms with Crippen LogP contribution >= 0.6 is 11.8 Å². The fourth-order valence-electron chi connectivity index (χ4n) is 1.76. The number of thioether (sulfide) groups is 1. The first kappa shape index (κ1) is 13.7. The summed E-state index contributed by atoms with van der Waals surface area (Å²) >= 11 is 1.49. The summed E-state index contributed by atoms with van der Waals surface area (Å²) < 4.78 is 0. The van der Waals surface area contributed by atoms with E-state index in [0.29, 0.717) is 17.9 Å². The molecule has 0 atom stereocenters. The van der Waals surface area contributed by atoms with Gasteiger partial charge in [-0.3, -0.25) is 9.59 Å². The van der Waals surface area contributed by atoms with Crippen molar-refractivity contribution in [1.29, 1.82) is 0 Å². The van der Waals surface area contributed by atoms with Gasteiger partial charge in [0.15, 0.2) is 0 Å². The second kappa shape index (κ2) is 6.43. The summed E-state index contributed by atoms with van der Waals surface area (Å²) in [7, 11) is 0. The highest BCUT2D eigenvalue weighted by molar-refractivity contribution is 8.00. The molecule has 5 heteroatoms. The van der Waals surface area contributed by atoms with Crippen LogP contribution in [0.2, 0.25) is 0 Å². The Kier molecular flexibility index (Phi) is 4.63. The van der Waals surface area contributed by atoms with Crippen molar-refractivity contribution in [2.45, 2.75) is 18.2 Å². The van der Waals surface area contributed by atoms with E-state index in [2.05, 4.69) is 10.6 Å². The second-order valence-electron chi connectivity index (χ2n) is 4.16. The van der Waals surface area contributed by atoms with E-state index < -0.39 is 0 Å². The largest absolute Gasteiger partial charge is 0.352 e. The summed E-state index contributed by atoms with van der Waals surface area (Å²) in [4.78, 5) is 24.2. The monoisotopic (exact) mass is 276 g/mol. The van der Waals surface area contributed by atoms with Gasteiger partial charge in [-0.1, -0.05) is 12.2 Å². The molecule has 1 aromatic rings. The van der Waals surface area contributed by atoms with Crippen molar-refractivity contribution in [2.75, 3.05) is 17.6 Å². The van der Waals surface area contributed by atoms with Gasteiger partial charge in [0.05, 0.1) is 11.4 Å². The maximum atomic E-state index is 11.9. The van der Waals surface area contributed by atoms with E-state index in [9.17, 15) is 9.59 Å². The minimum Gasteiger partial charge on any atom is -0.352 e. The van der Waals surface area contributed by atoms with E-state index in [-0.39, 0.29) is 11.8 Å². The quantitative estimate of drug-likeness (QED) is 0.656. The first-order valence-corrected chi connectivity index (χ1v) is 7.15. The number of carbonyl (C=O) groups excluding carboxylic acids is 2. The lowest BCUT2D eigenvalue weighted by molar-refractivity contribution is -0.113. The highest BCUT2D eigenvalue weighted by atomic mass is 32.2. The number of nitrogens with one attached hydrogen (secondary N) is 2. The molecular weight excluding hydrogens is 260 g/mol. The second-order valence-corrected chi connectivity index (χ2v) is 5.18. The van der Waals surface area contributed by atoms with Gasteiger partial charge in [-0.05, 0) is 31.5 Å². The van der Waals surface area contributed by atoms with Crippen LogP contribution in [0.3, 0.4) is 0 Å². The molecular formula is C14H16N2O2S. The zero-order chi connectivity index (χ0) is 13.7. The van der Waals surface area contributed by atoms with E-state index in [1.807, 2.05) is 25.1 Å². The Labute approximate surface area is 116 Å². The molecule has 100 valence electrons. The molecule has 0 bridgehead atoms. The minimum atomic E-state index is -0.114. The van der Waals surface area contributed by atoms with Crippen LogP contribution in [0, 0.1) is 0 Å². The maximum Gasteiger partial charge on any atom is 0.251 e. The maximum absolute atomic E-state index is 11.9. The van der Waals surface area contributed by atoms with Crippen LogP contribution in [0.15, 0.2) is 35.2 Å². The number of amides is 2. The first-order chi connectivity index (χ1) is 9.20. The van der Waals surface area contributed by atoms with E-state index in [4.69, 9.17) is 0 Å². The average molecular weight is 276 g/mol. The molecule has 19 heavy (non-hydrogen) atoms. The molecule has 4 nitrogen and oxygen atoms in total. The van der Waals surface area contributed by atoms with Crippen LogP contribution in [-0.4, -0.2) is 24.1 Å². The Morgan fingerprint density at radius 2 is 2.37 bits per heavy atom. The Balaban J connectivity index is 2.02. The van der Waals surface area contributed by atoms with Crippen molar-refractivity contribution in [3.8, 4) is 0 Å². The van der Waals surface area contributed by atoms with Gasteiger partial charge in [-0.2, -0.15) is 0 Å². The van der Waals surface area contributed by atoms with Crippen molar-refractivity contribution in [1.82, 2.24) is 5.32 Å². The number of allylic oxidation sites excluding steroid dienone is 1. The highest BCUT2D eigenvalue weighted by Gasteiger charge is 2.16. The smallest absolute Gasteiger partial charge is 0.251 e. The molecule has 0 aromatic heterocycles. The fraction of sp³-hybridized carbons (Fsp3) is 0.286. The number of carbonyl (C=O) groups is 2. The summed E-state index contributed by atoms with van der Waals surface area (Å²) in [5.41, 5.74) is 1.30. The van der Waals surface area contributed by atoms with Gasteiger partial charge >= 0.3 is 0 Å². The third kappa shape index (κ3) is 3.61. The van der Waals surface area contributed by atoms with E-state index in [0.717, 1.165) is 17.0 Å². The van der Waals surface area contributed by atoms with Crippen LogP contribution in [0.4, 0.5) is 5.69 Å². The number of benzene rings is 1. The van der Waals surface area contributed by atoms with Crippen molar-refractivity contribution in [3.05, 3.63) is 35.9 Å². The lowest BCUT2D eigenvalue weighted by Gasteiger charge is -2.16. The molecule has 2 rings (SSSR count). The number of hydrogen-bond donors (Lipinski definition) is 2. The lowest BCUT2D eigenvalue weighted by Crippen LogP contribution is -2.25. The summed E-state index contributed by atoms with van der Waals surface area (Å²) in [5, 5.41) is 5.62. The van der Waals surface area contributed by atoms with Gasteiger partial charge in [0.1, 0.15) is 0 Å². The third-order valence-electron chi connectivity index (χ3n) is 2.71. The molecule has 2 amide bonds. The predicted octanol–water partition coefficient (Wildman–Crippen LogP) is 2.43. The van der Waals surface area contributed by atoms with Crippen LogP contribution in [-0.2, 0) is 4.79 Å². The van der Waals surface area contributed by atoms with Crippen molar-refractivity contribution in [3.63, 3.8) is 0 Å². The Morgan fingerprint density at radius 3 is 3.16 bits per heavy atom. The molecule has 0 spiro atoms. The van der Waals surface area contributed by atoms with Crippen LogP contribution in [0.5, 0.6) is 0 Å². The summed E-state index contributed by atoms with van der Waals surface area (Å²) in [6.07, 6.45) is 4.78. The molecule has 0 saturated heterocycles. The molecule has 0 saturated carbocycles. The first-order valence-electron chi connectivity index (χ1n) is 6.17. The van der Waals surface area contributed by atoms with Gasteiger partial charge in [0, 0.05) is 17.0 Å². The van der Waals surface area contributed by atoms with Crippen molar-refractivity contribution in [2.24, 2.45) is 0 Å². The van der Waals surface area contributed by atoms with Gasteiger partial charge in [0.2, 0.25) is 5.91 Å². The molecule has 1 aromatic carbocycles. The lowest BCUT2D eigenvalue weighted by atomic mass is 10.2. The summed E-state index contributed by atoms with van der Waals surface area (Å²) in [6.45, 7) is 2.56. The summed E-state index contributed by atoms with van der Waals surface area (Å²) in [6, 6.07) is 5.39. The zero-order valence-electron chi connectivity index (χ0n) is 10.7. The standard InChI is InChI=1S/C14H16N2O2S/c1-2-3-4-7-15-14(18)10-5-6-12-11(8-10)16-13(17)9-19-12/h2-3,5-6,8H,4,7,9H2,1H3,(H,15,18)(H,16,17)/b3-2+. The van der Waals surface area contributed by atoms with Crippen LogP contribution < -0.4 is 10.6 Å². The molecule has 1 aliphatic rings. The third-order valence-corrected chi connectivity index (χ3v) is 3.78. The minimum absolute atomic E-state index is 0.0249. The van der Waals surface area contributed by atoms with E-state index in [1.165, 1.54) is 11.8 Å². The Morgan fingerprint density at radius 1 is 1.53 bits per heavy atom. The van der Waals surface area contributed by atoms with Gasteiger partial charge in [-0.25, -0.2) is 0 Å². The molecule has 0 radical (unpaired) electrons. The van der Waals surface area contributed by atoms with Crippen molar-refractivity contribution >= 4 is 29.3 Å². The van der Waals surface area contributed by atoms with Gasteiger partial charge < -0.3 is 10.6 Å². The van der Waals surface area contributed by atoms with E-state index in [1.54, 1.807) is 12.1 Å². The number of fused-ring (bicyclic) bond motifs is 1. The predicted molar refractivity (Wildman–Crippen MR) is 77.6 cm³/mol. The van der Waals surface area contributed by atoms with Crippen LogP contribution in [0.1, 0.15) is 23.7 Å².